The SMILES string of the molecule is CCNCC(C)C(C)Cc1ccc(F)cc1F. The third kappa shape index (κ3) is 4.43. The van der Waals surface area contributed by atoms with Gasteiger partial charge < -0.3 is 5.32 Å². The van der Waals surface area contributed by atoms with Gasteiger partial charge in [0.25, 0.3) is 0 Å². The van der Waals surface area contributed by atoms with E-state index < -0.39 is 11.6 Å². The van der Waals surface area contributed by atoms with Gasteiger partial charge in [-0.15, -0.1) is 0 Å². The maximum Gasteiger partial charge on any atom is 0.129 e. The van der Waals surface area contributed by atoms with Gasteiger partial charge in [0.05, 0.1) is 0 Å². The topological polar surface area (TPSA) is 12.0 Å². The van der Waals surface area contributed by atoms with Crippen molar-refractivity contribution in [2.45, 2.75) is 27.2 Å². The van der Waals surface area contributed by atoms with Gasteiger partial charge in [0.2, 0.25) is 0 Å². The molecule has 0 spiro atoms. The third-order valence-corrected chi connectivity index (χ3v) is 3.24. The molecule has 0 bridgehead atoms. The van der Waals surface area contributed by atoms with Crippen LogP contribution in [0.1, 0.15) is 26.3 Å². The van der Waals surface area contributed by atoms with Crippen molar-refractivity contribution < 1.29 is 8.78 Å². The minimum Gasteiger partial charge on any atom is -0.317 e. The van der Waals surface area contributed by atoms with E-state index in [1.807, 2.05) is 0 Å². The molecule has 96 valence electrons. The second kappa shape index (κ2) is 6.70. The van der Waals surface area contributed by atoms with Gasteiger partial charge in [-0.05, 0) is 43.0 Å². The second-order valence-electron chi connectivity index (χ2n) is 4.70. The Kier molecular flexibility index (Phi) is 5.56. The normalized spacial score (nSPS) is 14.6. The number of halogens is 2. The highest BCUT2D eigenvalue weighted by Gasteiger charge is 2.14. The highest BCUT2D eigenvalue weighted by atomic mass is 19.1. The molecule has 0 aliphatic heterocycles. The monoisotopic (exact) mass is 241 g/mol. The summed E-state index contributed by atoms with van der Waals surface area (Å²) in [5, 5.41) is 3.28. The highest BCUT2D eigenvalue weighted by molar-refractivity contribution is 5.19. The summed E-state index contributed by atoms with van der Waals surface area (Å²) < 4.78 is 26.2. The van der Waals surface area contributed by atoms with Crippen LogP contribution in [0.25, 0.3) is 0 Å². The molecular formula is C14H21F2N. The molecule has 0 aliphatic carbocycles. The van der Waals surface area contributed by atoms with Gasteiger partial charge in [0, 0.05) is 6.07 Å². The predicted octanol–water partition coefficient (Wildman–Crippen LogP) is 3.39. The lowest BCUT2D eigenvalue weighted by Gasteiger charge is -2.20. The fraction of sp³-hybridized carbons (Fsp3) is 0.571. The van der Waals surface area contributed by atoms with Crippen molar-refractivity contribution >= 4 is 0 Å². The van der Waals surface area contributed by atoms with Crippen LogP contribution in [-0.2, 0) is 6.42 Å². The van der Waals surface area contributed by atoms with Crippen molar-refractivity contribution in [2.24, 2.45) is 11.8 Å². The molecule has 3 heteroatoms. The van der Waals surface area contributed by atoms with Crippen LogP contribution >= 0.6 is 0 Å². The molecule has 0 saturated heterocycles. The average molecular weight is 241 g/mol. The van der Waals surface area contributed by atoms with Crippen LogP contribution in [-0.4, -0.2) is 13.1 Å². The molecule has 1 N–H and O–H groups in total. The van der Waals surface area contributed by atoms with Crippen LogP contribution < -0.4 is 5.32 Å². The quantitative estimate of drug-likeness (QED) is 0.805. The zero-order valence-electron chi connectivity index (χ0n) is 10.8. The van der Waals surface area contributed by atoms with E-state index in [4.69, 9.17) is 0 Å². The summed E-state index contributed by atoms with van der Waals surface area (Å²) in [6.45, 7) is 8.19. The number of nitrogens with one attached hydrogen (secondary N) is 1. The Balaban J connectivity index is 2.58. The summed E-state index contributed by atoms with van der Waals surface area (Å²) in [6.07, 6.45) is 0.651. The first kappa shape index (κ1) is 14.1. The van der Waals surface area contributed by atoms with Gasteiger partial charge >= 0.3 is 0 Å². The minimum atomic E-state index is -0.514. The summed E-state index contributed by atoms with van der Waals surface area (Å²) >= 11 is 0. The Morgan fingerprint density at radius 2 is 1.88 bits per heavy atom. The molecule has 0 radical (unpaired) electrons. The first-order valence-corrected chi connectivity index (χ1v) is 6.19. The maximum atomic E-state index is 13.5. The van der Waals surface area contributed by atoms with E-state index in [1.165, 1.54) is 6.07 Å². The zero-order valence-corrected chi connectivity index (χ0v) is 10.8. The van der Waals surface area contributed by atoms with E-state index in [0.29, 0.717) is 23.8 Å². The van der Waals surface area contributed by atoms with Crippen LogP contribution in [0.2, 0.25) is 0 Å². The van der Waals surface area contributed by atoms with Crippen molar-refractivity contribution in [3.05, 3.63) is 35.4 Å². The van der Waals surface area contributed by atoms with Crippen LogP contribution in [0, 0.1) is 23.5 Å². The molecule has 0 aromatic heterocycles. The molecule has 0 fully saturated rings. The summed E-state index contributed by atoms with van der Waals surface area (Å²) in [5.74, 6) is -0.111. The van der Waals surface area contributed by atoms with Gasteiger partial charge in [-0.2, -0.15) is 0 Å². The lowest BCUT2D eigenvalue weighted by atomic mass is 9.89. The van der Waals surface area contributed by atoms with E-state index in [9.17, 15) is 8.78 Å². The maximum absolute atomic E-state index is 13.5. The Morgan fingerprint density at radius 1 is 1.18 bits per heavy atom. The van der Waals surface area contributed by atoms with Crippen molar-refractivity contribution in [1.29, 1.82) is 0 Å². The fourth-order valence-corrected chi connectivity index (χ4v) is 1.81. The van der Waals surface area contributed by atoms with Gasteiger partial charge in [-0.3, -0.25) is 0 Å². The minimum absolute atomic E-state index is 0.369. The number of hydrogen-bond donors (Lipinski definition) is 1. The van der Waals surface area contributed by atoms with Crippen LogP contribution in [0.4, 0.5) is 8.78 Å². The Labute approximate surface area is 102 Å². The van der Waals surface area contributed by atoms with Gasteiger partial charge in [-0.25, -0.2) is 8.78 Å². The second-order valence-corrected chi connectivity index (χ2v) is 4.70. The Morgan fingerprint density at radius 3 is 2.47 bits per heavy atom. The molecule has 1 aromatic rings. The summed E-state index contributed by atoms with van der Waals surface area (Å²) in [4.78, 5) is 0. The standard InChI is InChI=1S/C14H21F2N/c1-4-17-9-11(3)10(2)7-12-5-6-13(15)8-14(12)16/h5-6,8,10-11,17H,4,7,9H2,1-3H3. The lowest BCUT2D eigenvalue weighted by molar-refractivity contribution is 0.364. The molecule has 0 aliphatic rings. The molecule has 0 amide bonds. The van der Waals surface area contributed by atoms with Crippen LogP contribution in [0.15, 0.2) is 18.2 Å². The lowest BCUT2D eigenvalue weighted by Crippen LogP contribution is -2.26. The molecule has 0 heterocycles. The van der Waals surface area contributed by atoms with Crippen molar-refractivity contribution in [1.82, 2.24) is 5.32 Å². The smallest absolute Gasteiger partial charge is 0.129 e. The third-order valence-electron chi connectivity index (χ3n) is 3.24. The van der Waals surface area contributed by atoms with Crippen LogP contribution in [0.5, 0.6) is 0 Å². The molecule has 0 saturated carbocycles. The summed E-state index contributed by atoms with van der Waals surface area (Å²) in [7, 11) is 0. The first-order chi connectivity index (χ1) is 8.04. The number of benzene rings is 1. The number of hydrogen-bond acceptors (Lipinski definition) is 1. The molecule has 2 atom stereocenters. The van der Waals surface area contributed by atoms with Crippen molar-refractivity contribution in [3.63, 3.8) is 0 Å². The fourth-order valence-electron chi connectivity index (χ4n) is 1.81. The molecule has 2 unspecified atom stereocenters. The van der Waals surface area contributed by atoms with Gasteiger partial charge in [-0.1, -0.05) is 26.8 Å². The predicted molar refractivity (Wildman–Crippen MR) is 66.9 cm³/mol. The average Bonchev–Trinajstić information content (AvgIpc) is 2.29. The van der Waals surface area contributed by atoms with E-state index >= 15 is 0 Å². The van der Waals surface area contributed by atoms with Crippen molar-refractivity contribution in [2.75, 3.05) is 13.1 Å². The Bertz CT molecular complexity index is 352. The van der Waals surface area contributed by atoms with E-state index in [2.05, 4.69) is 26.1 Å². The van der Waals surface area contributed by atoms with E-state index in [1.54, 1.807) is 6.07 Å². The summed E-state index contributed by atoms with van der Waals surface area (Å²) in [6, 6.07) is 3.82. The zero-order chi connectivity index (χ0) is 12.8. The first-order valence-electron chi connectivity index (χ1n) is 6.19. The molecule has 1 nitrogen and oxygen atoms in total. The molecule has 17 heavy (non-hydrogen) atoms. The van der Waals surface area contributed by atoms with Gasteiger partial charge in [0.1, 0.15) is 11.6 Å². The van der Waals surface area contributed by atoms with Crippen LogP contribution in [0.3, 0.4) is 0 Å². The van der Waals surface area contributed by atoms with Crippen molar-refractivity contribution in [3.8, 4) is 0 Å². The largest absolute Gasteiger partial charge is 0.317 e. The Hall–Kier alpha value is -0.960. The highest BCUT2D eigenvalue weighted by Crippen LogP contribution is 2.19. The summed E-state index contributed by atoms with van der Waals surface area (Å²) in [5.41, 5.74) is 0.599. The molecular weight excluding hydrogens is 220 g/mol. The number of rotatable bonds is 6. The van der Waals surface area contributed by atoms with E-state index in [0.717, 1.165) is 19.2 Å². The van der Waals surface area contributed by atoms with Gasteiger partial charge in [0.15, 0.2) is 0 Å². The van der Waals surface area contributed by atoms with E-state index in [-0.39, 0.29) is 0 Å². The molecule has 1 rings (SSSR count). The molecule has 1 aromatic carbocycles.